The van der Waals surface area contributed by atoms with Gasteiger partial charge in [0, 0.05) is 11.4 Å². The minimum atomic E-state index is -0.548. The molecule has 3 heterocycles. The van der Waals surface area contributed by atoms with E-state index in [0.29, 0.717) is 12.3 Å². The molecule has 0 bridgehead atoms. The highest BCUT2D eigenvalue weighted by atomic mass is 35.5. The Bertz CT molecular complexity index is 979. The van der Waals surface area contributed by atoms with Gasteiger partial charge in [0.05, 0.1) is 16.6 Å². The van der Waals surface area contributed by atoms with E-state index in [4.69, 9.17) is 16.1 Å². The van der Waals surface area contributed by atoms with Crippen LogP contribution in [-0.2, 0) is 0 Å². The van der Waals surface area contributed by atoms with Crippen LogP contribution in [0.3, 0.4) is 0 Å². The Kier molecular flexibility index (Phi) is 5.99. The zero-order chi connectivity index (χ0) is 20.4. The van der Waals surface area contributed by atoms with Gasteiger partial charge in [0.25, 0.3) is 5.91 Å². The highest BCUT2D eigenvalue weighted by Gasteiger charge is 2.28. The lowest BCUT2D eigenvalue weighted by Crippen LogP contribution is -2.36. The largest absolute Gasteiger partial charge is 0.360 e. The molecule has 152 valence electrons. The molecule has 1 aromatic carbocycles. The molecule has 2 aromatic heterocycles. The molecule has 1 fully saturated rings. The molecule has 1 aliphatic rings. The quantitative estimate of drug-likeness (QED) is 0.589. The normalized spacial score (nSPS) is 15.6. The van der Waals surface area contributed by atoms with Crippen LogP contribution in [-0.4, -0.2) is 35.6 Å². The molecule has 8 heteroatoms. The summed E-state index contributed by atoms with van der Waals surface area (Å²) in [4.78, 5) is 16.6. The maximum atomic E-state index is 14.4. The molecule has 4 rings (SSSR count). The molecule has 1 unspecified atom stereocenters. The topological polar surface area (TPSA) is 58.4 Å². The van der Waals surface area contributed by atoms with Crippen molar-refractivity contribution in [2.45, 2.75) is 25.8 Å². The number of hydrogen-bond acceptors (Lipinski definition) is 5. The van der Waals surface area contributed by atoms with Gasteiger partial charge in [-0.1, -0.05) is 28.9 Å². The number of aromatic nitrogens is 1. The minimum absolute atomic E-state index is 0.0746. The predicted octanol–water partition coefficient (Wildman–Crippen LogP) is 5.07. The molecule has 1 saturated heterocycles. The Labute approximate surface area is 177 Å². The van der Waals surface area contributed by atoms with Crippen molar-refractivity contribution in [3.63, 3.8) is 0 Å². The first-order valence-electron chi connectivity index (χ1n) is 9.52. The number of carbonyl (C=O) groups excluding carboxylic acids is 1. The molecule has 1 aliphatic heterocycles. The van der Waals surface area contributed by atoms with E-state index in [0.717, 1.165) is 25.9 Å². The fraction of sp³-hybridized carbons (Fsp3) is 0.333. The molecule has 1 N–H and O–H groups in total. The van der Waals surface area contributed by atoms with Crippen LogP contribution in [0.2, 0.25) is 5.02 Å². The van der Waals surface area contributed by atoms with Gasteiger partial charge in [-0.25, -0.2) is 4.39 Å². The lowest BCUT2D eigenvalue weighted by atomic mass is 10.0. The standard InChI is InChI=1S/C21H21ClFN3O2S/c1-13-18(20(25-28-13)19-14(22)6-4-7-15(19)23)21(27)24-12-16(17-8-5-11-29-17)26-9-2-3-10-26/h4-8,11,16H,2-3,9-10,12H2,1H3,(H,24,27). The maximum absolute atomic E-state index is 14.4. The number of nitrogens with zero attached hydrogens (tertiary/aromatic N) is 2. The third-order valence-electron chi connectivity index (χ3n) is 5.20. The van der Waals surface area contributed by atoms with Crippen LogP contribution in [0.5, 0.6) is 0 Å². The first kappa shape index (κ1) is 20.1. The van der Waals surface area contributed by atoms with Crippen molar-refractivity contribution in [2.24, 2.45) is 0 Å². The van der Waals surface area contributed by atoms with Gasteiger partial charge in [0.1, 0.15) is 22.8 Å². The van der Waals surface area contributed by atoms with Gasteiger partial charge in [-0.2, -0.15) is 0 Å². The van der Waals surface area contributed by atoms with E-state index in [-0.39, 0.29) is 33.8 Å². The molecule has 0 saturated carbocycles. The summed E-state index contributed by atoms with van der Waals surface area (Å²) < 4.78 is 19.6. The number of nitrogens with one attached hydrogen (secondary N) is 1. The Morgan fingerprint density at radius 1 is 1.34 bits per heavy atom. The van der Waals surface area contributed by atoms with E-state index < -0.39 is 5.82 Å². The second-order valence-electron chi connectivity index (χ2n) is 7.04. The molecule has 1 atom stereocenters. The SMILES string of the molecule is Cc1onc(-c2c(F)cccc2Cl)c1C(=O)NCC(c1cccs1)N1CCCC1. The van der Waals surface area contributed by atoms with Crippen molar-refractivity contribution < 1.29 is 13.7 Å². The van der Waals surface area contributed by atoms with Gasteiger partial charge in [0.15, 0.2) is 0 Å². The molecule has 29 heavy (non-hydrogen) atoms. The number of rotatable bonds is 6. The van der Waals surface area contributed by atoms with Crippen molar-refractivity contribution in [3.05, 3.63) is 62.8 Å². The first-order valence-corrected chi connectivity index (χ1v) is 10.8. The Morgan fingerprint density at radius 2 is 2.14 bits per heavy atom. The predicted molar refractivity (Wildman–Crippen MR) is 112 cm³/mol. The summed E-state index contributed by atoms with van der Waals surface area (Å²) in [5.74, 6) is -0.571. The van der Waals surface area contributed by atoms with E-state index in [9.17, 15) is 9.18 Å². The van der Waals surface area contributed by atoms with Gasteiger partial charge in [0.2, 0.25) is 0 Å². The van der Waals surface area contributed by atoms with E-state index in [2.05, 4.69) is 21.4 Å². The van der Waals surface area contributed by atoms with Crippen LogP contribution in [0.15, 0.2) is 40.2 Å². The lowest BCUT2D eigenvalue weighted by molar-refractivity contribution is 0.0937. The third kappa shape index (κ3) is 4.08. The van der Waals surface area contributed by atoms with Crippen LogP contribution in [0.1, 0.15) is 39.9 Å². The first-order chi connectivity index (χ1) is 14.1. The van der Waals surface area contributed by atoms with Crippen LogP contribution in [0.25, 0.3) is 11.3 Å². The highest BCUT2D eigenvalue weighted by Crippen LogP contribution is 2.34. The van der Waals surface area contributed by atoms with Gasteiger partial charge < -0.3 is 9.84 Å². The number of likely N-dealkylation sites (tertiary alicyclic amines) is 1. The molecule has 5 nitrogen and oxygen atoms in total. The van der Waals surface area contributed by atoms with E-state index in [1.165, 1.54) is 17.0 Å². The third-order valence-corrected chi connectivity index (χ3v) is 6.49. The summed E-state index contributed by atoms with van der Waals surface area (Å²) in [6.45, 7) is 4.12. The molecular formula is C21H21ClFN3O2S. The number of benzene rings is 1. The number of thiophene rings is 1. The fourth-order valence-electron chi connectivity index (χ4n) is 3.76. The second-order valence-corrected chi connectivity index (χ2v) is 8.43. The number of aryl methyl sites for hydroxylation is 1. The summed E-state index contributed by atoms with van der Waals surface area (Å²) in [7, 11) is 0. The smallest absolute Gasteiger partial charge is 0.257 e. The van der Waals surface area contributed by atoms with Crippen LogP contribution in [0.4, 0.5) is 4.39 Å². The molecule has 0 spiro atoms. The maximum Gasteiger partial charge on any atom is 0.257 e. The van der Waals surface area contributed by atoms with Crippen LogP contribution >= 0.6 is 22.9 Å². The molecule has 3 aromatic rings. The summed E-state index contributed by atoms with van der Waals surface area (Å²) in [6.07, 6.45) is 2.33. The number of hydrogen-bond donors (Lipinski definition) is 1. The van der Waals surface area contributed by atoms with Crippen molar-refractivity contribution in [2.75, 3.05) is 19.6 Å². The number of halogens is 2. The van der Waals surface area contributed by atoms with Crippen LogP contribution in [0, 0.1) is 12.7 Å². The fourth-order valence-corrected chi connectivity index (χ4v) is 4.87. The monoisotopic (exact) mass is 433 g/mol. The van der Waals surface area contributed by atoms with E-state index in [1.54, 1.807) is 24.3 Å². The van der Waals surface area contributed by atoms with Gasteiger partial charge in [-0.05, 0) is 56.4 Å². The summed E-state index contributed by atoms with van der Waals surface area (Å²) in [6, 6.07) is 8.58. The van der Waals surface area contributed by atoms with E-state index in [1.807, 2.05) is 11.4 Å². The number of amides is 1. The minimum Gasteiger partial charge on any atom is -0.360 e. The summed E-state index contributed by atoms with van der Waals surface area (Å²) >= 11 is 7.86. The van der Waals surface area contributed by atoms with Gasteiger partial charge >= 0.3 is 0 Å². The van der Waals surface area contributed by atoms with Crippen molar-refractivity contribution in [1.82, 2.24) is 15.4 Å². The lowest BCUT2D eigenvalue weighted by Gasteiger charge is -2.26. The molecule has 0 radical (unpaired) electrons. The Hall–Kier alpha value is -2.22. The molecular weight excluding hydrogens is 413 g/mol. The van der Waals surface area contributed by atoms with Crippen molar-refractivity contribution in [3.8, 4) is 11.3 Å². The molecule has 1 amide bonds. The van der Waals surface area contributed by atoms with Crippen LogP contribution < -0.4 is 5.32 Å². The average molecular weight is 434 g/mol. The van der Waals surface area contributed by atoms with Crippen molar-refractivity contribution in [1.29, 1.82) is 0 Å². The highest BCUT2D eigenvalue weighted by molar-refractivity contribution is 7.10. The summed E-state index contributed by atoms with van der Waals surface area (Å²) in [5, 5.41) is 9.14. The Balaban J connectivity index is 1.58. The number of carbonyl (C=O) groups is 1. The Morgan fingerprint density at radius 3 is 2.83 bits per heavy atom. The van der Waals surface area contributed by atoms with Crippen molar-refractivity contribution >= 4 is 28.8 Å². The second kappa shape index (κ2) is 8.65. The summed E-state index contributed by atoms with van der Waals surface area (Å²) in [5.41, 5.74) is 0.408. The zero-order valence-corrected chi connectivity index (χ0v) is 17.5. The van der Waals surface area contributed by atoms with Gasteiger partial charge in [-0.15, -0.1) is 11.3 Å². The zero-order valence-electron chi connectivity index (χ0n) is 16.0. The van der Waals surface area contributed by atoms with Gasteiger partial charge in [-0.3, -0.25) is 9.69 Å². The molecule has 0 aliphatic carbocycles. The van der Waals surface area contributed by atoms with E-state index >= 15 is 0 Å². The average Bonchev–Trinajstić information content (AvgIpc) is 3.44.